The van der Waals surface area contributed by atoms with Crippen molar-refractivity contribution in [3.63, 3.8) is 0 Å². The minimum absolute atomic E-state index is 0.698. The van der Waals surface area contributed by atoms with Crippen LogP contribution in [0.25, 0.3) is 15.9 Å². The smallest absolute Gasteiger partial charge is 0.232 e. The lowest BCUT2D eigenvalue weighted by Crippen LogP contribution is -2.37. The third-order valence-corrected chi connectivity index (χ3v) is 6.73. The van der Waals surface area contributed by atoms with Crippen molar-refractivity contribution in [1.29, 1.82) is 0 Å². The molecule has 0 unspecified atom stereocenters. The predicted octanol–water partition coefficient (Wildman–Crippen LogP) is 3.88. The molecule has 0 bridgehead atoms. The zero-order chi connectivity index (χ0) is 19.8. The number of hydrogen-bond donors (Lipinski definition) is 0. The molecule has 29 heavy (non-hydrogen) atoms. The number of rotatable bonds is 4. The van der Waals surface area contributed by atoms with E-state index in [9.17, 15) is 0 Å². The van der Waals surface area contributed by atoms with E-state index in [4.69, 9.17) is 4.74 Å². The standard InChI is InChI=1S/C20H20N6OS2/c1-13-3-5-15(6-4-13)26-19(25-7-9-27-10-8-25)23-24-20(26)29-18-16-11-14(2)28-17(16)21-12-22-18/h3-6,11-12H,7-10H2,1-2H3. The summed E-state index contributed by atoms with van der Waals surface area (Å²) in [5, 5.41) is 11.8. The van der Waals surface area contributed by atoms with Crippen LogP contribution < -0.4 is 4.90 Å². The highest BCUT2D eigenvalue weighted by molar-refractivity contribution is 7.99. The highest BCUT2D eigenvalue weighted by atomic mass is 32.2. The Hall–Kier alpha value is -2.49. The molecule has 4 aromatic rings. The van der Waals surface area contributed by atoms with Crippen LogP contribution in [0.2, 0.25) is 0 Å². The molecule has 0 radical (unpaired) electrons. The lowest BCUT2D eigenvalue weighted by Gasteiger charge is -2.27. The number of nitrogens with zero attached hydrogens (tertiary/aromatic N) is 6. The normalized spacial score (nSPS) is 14.6. The van der Waals surface area contributed by atoms with Crippen LogP contribution in [0.15, 0.2) is 46.8 Å². The number of ether oxygens (including phenoxy) is 1. The predicted molar refractivity (Wildman–Crippen MR) is 115 cm³/mol. The first-order chi connectivity index (χ1) is 14.2. The summed E-state index contributed by atoms with van der Waals surface area (Å²) in [5.41, 5.74) is 2.26. The van der Waals surface area contributed by atoms with Gasteiger partial charge in [-0.3, -0.25) is 4.57 Å². The van der Waals surface area contributed by atoms with E-state index in [1.54, 1.807) is 17.7 Å². The molecule has 0 N–H and O–H groups in total. The summed E-state index contributed by atoms with van der Waals surface area (Å²) in [5.74, 6) is 0.839. The average Bonchev–Trinajstić information content (AvgIpc) is 3.33. The molecule has 1 aliphatic rings. The molecule has 4 heterocycles. The summed E-state index contributed by atoms with van der Waals surface area (Å²) in [6, 6.07) is 10.6. The van der Waals surface area contributed by atoms with Gasteiger partial charge in [-0.15, -0.1) is 21.5 Å². The zero-order valence-electron chi connectivity index (χ0n) is 16.2. The number of benzene rings is 1. The second-order valence-corrected chi connectivity index (χ2v) is 9.10. The van der Waals surface area contributed by atoms with Crippen LogP contribution in [0, 0.1) is 13.8 Å². The summed E-state index contributed by atoms with van der Waals surface area (Å²) in [6.07, 6.45) is 1.62. The van der Waals surface area contributed by atoms with Gasteiger partial charge in [-0.05, 0) is 43.8 Å². The Balaban J connectivity index is 1.60. The maximum absolute atomic E-state index is 5.52. The van der Waals surface area contributed by atoms with Gasteiger partial charge in [-0.25, -0.2) is 9.97 Å². The molecule has 5 rings (SSSR count). The quantitative estimate of drug-likeness (QED) is 0.461. The van der Waals surface area contributed by atoms with Gasteiger partial charge in [0.25, 0.3) is 0 Å². The highest BCUT2D eigenvalue weighted by Crippen LogP contribution is 2.36. The third-order valence-electron chi connectivity index (χ3n) is 4.81. The van der Waals surface area contributed by atoms with Crippen molar-refractivity contribution in [2.24, 2.45) is 0 Å². The van der Waals surface area contributed by atoms with Crippen molar-refractivity contribution < 1.29 is 4.74 Å². The second kappa shape index (κ2) is 7.74. The number of anilines is 1. The van der Waals surface area contributed by atoms with Crippen molar-refractivity contribution in [2.75, 3.05) is 31.2 Å². The molecule has 3 aromatic heterocycles. The lowest BCUT2D eigenvalue weighted by molar-refractivity contribution is 0.122. The molecule has 0 aliphatic carbocycles. The first-order valence-electron chi connectivity index (χ1n) is 9.43. The maximum atomic E-state index is 5.52. The Labute approximate surface area is 176 Å². The van der Waals surface area contributed by atoms with Gasteiger partial charge in [0.05, 0.1) is 18.9 Å². The Morgan fingerprint density at radius 3 is 2.62 bits per heavy atom. The number of hydrogen-bond acceptors (Lipinski definition) is 8. The van der Waals surface area contributed by atoms with Gasteiger partial charge in [0.1, 0.15) is 16.2 Å². The van der Waals surface area contributed by atoms with Crippen LogP contribution in [0.5, 0.6) is 0 Å². The maximum Gasteiger partial charge on any atom is 0.232 e. The topological polar surface area (TPSA) is 69.0 Å². The van der Waals surface area contributed by atoms with Crippen LogP contribution in [-0.4, -0.2) is 51.0 Å². The molecule has 9 heteroatoms. The van der Waals surface area contributed by atoms with Crippen LogP contribution >= 0.6 is 23.1 Å². The van der Waals surface area contributed by atoms with Gasteiger partial charge < -0.3 is 9.64 Å². The van der Waals surface area contributed by atoms with Crippen LogP contribution in [0.1, 0.15) is 10.4 Å². The summed E-state index contributed by atoms with van der Waals surface area (Å²) >= 11 is 3.21. The minimum Gasteiger partial charge on any atom is -0.378 e. The Kier molecular flexibility index (Phi) is 4.94. The summed E-state index contributed by atoms with van der Waals surface area (Å²) < 4.78 is 7.63. The molecule has 0 atom stereocenters. The van der Waals surface area contributed by atoms with Crippen molar-refractivity contribution in [1.82, 2.24) is 24.7 Å². The molecule has 1 aromatic carbocycles. The Morgan fingerprint density at radius 2 is 1.83 bits per heavy atom. The van der Waals surface area contributed by atoms with Gasteiger partial charge in [-0.1, -0.05) is 17.7 Å². The second-order valence-electron chi connectivity index (χ2n) is 6.91. The fraction of sp³-hybridized carbons (Fsp3) is 0.300. The molecule has 1 fully saturated rings. The summed E-state index contributed by atoms with van der Waals surface area (Å²) in [6.45, 7) is 7.18. The Bertz CT molecular complexity index is 1150. The molecule has 1 aliphatic heterocycles. The van der Waals surface area contributed by atoms with E-state index in [0.29, 0.717) is 13.2 Å². The SMILES string of the molecule is Cc1ccc(-n2c(Sc3ncnc4sc(C)cc34)nnc2N2CCOCC2)cc1. The molecule has 0 spiro atoms. The van der Waals surface area contributed by atoms with E-state index in [1.165, 1.54) is 22.2 Å². The molecule has 148 valence electrons. The number of thiophene rings is 1. The number of aromatic nitrogens is 5. The van der Waals surface area contributed by atoms with Gasteiger partial charge >= 0.3 is 0 Å². The number of morpholine rings is 1. The molecular formula is C20H20N6OS2. The lowest BCUT2D eigenvalue weighted by atomic mass is 10.2. The molecule has 7 nitrogen and oxygen atoms in total. The van der Waals surface area contributed by atoms with Crippen LogP contribution in [0.3, 0.4) is 0 Å². The zero-order valence-corrected chi connectivity index (χ0v) is 17.8. The number of aryl methyl sites for hydroxylation is 2. The summed E-state index contributed by atoms with van der Waals surface area (Å²) in [4.78, 5) is 13.4. The largest absolute Gasteiger partial charge is 0.378 e. The monoisotopic (exact) mass is 424 g/mol. The van der Waals surface area contributed by atoms with E-state index in [1.807, 2.05) is 0 Å². The van der Waals surface area contributed by atoms with Crippen molar-refractivity contribution in [3.05, 3.63) is 47.1 Å². The van der Waals surface area contributed by atoms with Gasteiger partial charge in [-0.2, -0.15) is 0 Å². The fourth-order valence-electron chi connectivity index (χ4n) is 3.34. The molecule has 0 amide bonds. The average molecular weight is 425 g/mol. The molecule has 0 saturated carbocycles. The fourth-order valence-corrected chi connectivity index (χ4v) is 5.15. The highest BCUT2D eigenvalue weighted by Gasteiger charge is 2.23. The molecule has 1 saturated heterocycles. The van der Waals surface area contributed by atoms with E-state index < -0.39 is 0 Å². The Morgan fingerprint density at radius 1 is 1.03 bits per heavy atom. The third kappa shape index (κ3) is 3.61. The van der Waals surface area contributed by atoms with Crippen molar-refractivity contribution in [3.8, 4) is 5.69 Å². The van der Waals surface area contributed by atoms with Crippen molar-refractivity contribution in [2.45, 2.75) is 24.0 Å². The molecular weight excluding hydrogens is 404 g/mol. The number of fused-ring (bicyclic) bond motifs is 1. The van der Waals surface area contributed by atoms with E-state index in [2.05, 4.69) is 73.8 Å². The van der Waals surface area contributed by atoms with Gasteiger partial charge in [0.2, 0.25) is 11.1 Å². The minimum atomic E-state index is 0.698. The van der Waals surface area contributed by atoms with Crippen LogP contribution in [0.4, 0.5) is 5.95 Å². The van der Waals surface area contributed by atoms with E-state index in [-0.39, 0.29) is 0 Å². The first-order valence-corrected chi connectivity index (χ1v) is 11.1. The van der Waals surface area contributed by atoms with Gasteiger partial charge in [0.15, 0.2) is 0 Å². The first kappa shape index (κ1) is 18.5. The van der Waals surface area contributed by atoms with E-state index >= 15 is 0 Å². The van der Waals surface area contributed by atoms with Crippen LogP contribution in [-0.2, 0) is 4.74 Å². The van der Waals surface area contributed by atoms with Gasteiger partial charge in [0, 0.05) is 23.4 Å². The van der Waals surface area contributed by atoms with Crippen molar-refractivity contribution >= 4 is 39.3 Å². The van der Waals surface area contributed by atoms with E-state index in [0.717, 1.165) is 45.1 Å². The summed E-state index contributed by atoms with van der Waals surface area (Å²) in [7, 11) is 0.